The molecule has 2 aliphatic rings. The molecule has 1 aromatic carbocycles. The van der Waals surface area contributed by atoms with Gasteiger partial charge in [-0.2, -0.15) is 13.2 Å². The number of hydrogen-bond donors (Lipinski definition) is 1. The summed E-state index contributed by atoms with van der Waals surface area (Å²) in [6, 6.07) is 5.15. The predicted molar refractivity (Wildman–Crippen MR) is 83.3 cm³/mol. The summed E-state index contributed by atoms with van der Waals surface area (Å²) in [5.74, 6) is 0.0278. The minimum absolute atomic E-state index is 0. The van der Waals surface area contributed by atoms with Crippen molar-refractivity contribution in [2.45, 2.75) is 38.0 Å². The first-order chi connectivity index (χ1) is 10.4. The Morgan fingerprint density at radius 2 is 1.96 bits per heavy atom. The molecule has 0 aromatic heterocycles. The highest BCUT2D eigenvalue weighted by Crippen LogP contribution is 2.37. The summed E-state index contributed by atoms with van der Waals surface area (Å²) in [6.45, 7) is 3.15. The van der Waals surface area contributed by atoms with E-state index in [-0.39, 0.29) is 36.3 Å². The van der Waals surface area contributed by atoms with Crippen LogP contribution in [0.15, 0.2) is 24.3 Å². The molecule has 0 radical (unpaired) electrons. The minimum Gasteiger partial charge on any atom is -0.333 e. The molecule has 1 aliphatic carbocycles. The van der Waals surface area contributed by atoms with Gasteiger partial charge in [-0.25, -0.2) is 0 Å². The van der Waals surface area contributed by atoms with Crippen molar-refractivity contribution in [3.63, 3.8) is 0 Å². The zero-order valence-corrected chi connectivity index (χ0v) is 13.6. The topological polar surface area (TPSA) is 32.3 Å². The summed E-state index contributed by atoms with van der Waals surface area (Å²) in [5.41, 5.74) is -0.118. The number of nitrogens with one attached hydrogen (secondary N) is 1. The van der Waals surface area contributed by atoms with Crippen LogP contribution >= 0.6 is 12.4 Å². The molecule has 7 heteroatoms. The van der Waals surface area contributed by atoms with Crippen molar-refractivity contribution < 1.29 is 18.0 Å². The lowest BCUT2D eigenvalue weighted by Crippen LogP contribution is -2.53. The van der Waals surface area contributed by atoms with Gasteiger partial charge in [-0.1, -0.05) is 12.1 Å². The van der Waals surface area contributed by atoms with Crippen LogP contribution in [0.5, 0.6) is 0 Å². The van der Waals surface area contributed by atoms with Crippen molar-refractivity contribution in [2.75, 3.05) is 13.1 Å². The molecule has 3 nitrogen and oxygen atoms in total. The highest BCUT2D eigenvalue weighted by Gasteiger charge is 2.41. The largest absolute Gasteiger partial charge is 0.416 e. The van der Waals surface area contributed by atoms with Crippen molar-refractivity contribution in [3.05, 3.63) is 35.4 Å². The molecule has 1 saturated heterocycles. The highest BCUT2D eigenvalue weighted by molar-refractivity contribution is 5.85. The Bertz CT molecular complexity index is 571. The molecule has 128 valence electrons. The fourth-order valence-corrected chi connectivity index (χ4v) is 2.85. The SMILES string of the molecule is CC(c1cccc(C(F)(F)F)c1)N(C(=O)C1CNC1)C1CC1.Cl. The van der Waals surface area contributed by atoms with Crippen molar-refractivity contribution in [2.24, 2.45) is 5.92 Å². The number of nitrogens with zero attached hydrogens (tertiary/aromatic N) is 1. The maximum atomic E-state index is 12.9. The van der Waals surface area contributed by atoms with Crippen LogP contribution in [0.2, 0.25) is 0 Å². The number of hydrogen-bond acceptors (Lipinski definition) is 2. The monoisotopic (exact) mass is 348 g/mol. The second-order valence-corrected chi connectivity index (χ2v) is 6.13. The fraction of sp³-hybridized carbons (Fsp3) is 0.562. The van der Waals surface area contributed by atoms with Crippen LogP contribution in [0, 0.1) is 5.92 Å². The van der Waals surface area contributed by atoms with Gasteiger partial charge >= 0.3 is 6.18 Å². The lowest BCUT2D eigenvalue weighted by molar-refractivity contribution is -0.140. The van der Waals surface area contributed by atoms with Crippen LogP contribution in [-0.4, -0.2) is 29.9 Å². The molecule has 0 spiro atoms. The maximum Gasteiger partial charge on any atom is 0.416 e. The number of carbonyl (C=O) groups is 1. The van der Waals surface area contributed by atoms with E-state index >= 15 is 0 Å². The van der Waals surface area contributed by atoms with Gasteiger partial charge in [0.25, 0.3) is 0 Å². The van der Waals surface area contributed by atoms with E-state index in [0.29, 0.717) is 18.7 Å². The van der Waals surface area contributed by atoms with E-state index in [9.17, 15) is 18.0 Å². The Morgan fingerprint density at radius 3 is 2.43 bits per heavy atom. The fourth-order valence-electron chi connectivity index (χ4n) is 2.85. The van der Waals surface area contributed by atoms with Gasteiger partial charge in [0.15, 0.2) is 0 Å². The first-order valence-corrected chi connectivity index (χ1v) is 7.58. The lowest BCUT2D eigenvalue weighted by Gasteiger charge is -2.36. The third kappa shape index (κ3) is 3.80. The van der Waals surface area contributed by atoms with Gasteiger partial charge in [0.1, 0.15) is 0 Å². The van der Waals surface area contributed by atoms with Crippen LogP contribution < -0.4 is 5.32 Å². The van der Waals surface area contributed by atoms with Crippen LogP contribution in [0.1, 0.15) is 36.9 Å². The Kier molecular flexibility index (Phi) is 5.26. The van der Waals surface area contributed by atoms with Crippen molar-refractivity contribution in [3.8, 4) is 0 Å². The summed E-state index contributed by atoms with van der Waals surface area (Å²) < 4.78 is 38.6. The predicted octanol–water partition coefficient (Wildman–Crippen LogP) is 3.40. The Morgan fingerprint density at radius 1 is 1.30 bits per heavy atom. The first-order valence-electron chi connectivity index (χ1n) is 7.58. The smallest absolute Gasteiger partial charge is 0.333 e. The third-order valence-corrected chi connectivity index (χ3v) is 4.44. The Labute approximate surface area is 139 Å². The van der Waals surface area contributed by atoms with Gasteiger partial charge in [0.05, 0.1) is 17.5 Å². The van der Waals surface area contributed by atoms with Gasteiger partial charge in [-0.15, -0.1) is 12.4 Å². The average Bonchev–Trinajstić information content (AvgIpc) is 3.20. The Balaban J connectivity index is 0.00000192. The van der Waals surface area contributed by atoms with Crippen LogP contribution in [-0.2, 0) is 11.0 Å². The molecule has 3 rings (SSSR count). The molecule has 1 amide bonds. The molecule has 1 N–H and O–H groups in total. The number of carbonyl (C=O) groups excluding carboxylic acids is 1. The van der Waals surface area contributed by atoms with Crippen molar-refractivity contribution in [1.29, 1.82) is 0 Å². The molecule has 2 fully saturated rings. The van der Waals surface area contributed by atoms with E-state index in [1.165, 1.54) is 6.07 Å². The van der Waals surface area contributed by atoms with Gasteiger partial charge in [-0.3, -0.25) is 4.79 Å². The average molecular weight is 349 g/mol. The number of halogens is 4. The molecule has 1 aliphatic heterocycles. The second kappa shape index (κ2) is 6.69. The maximum absolute atomic E-state index is 12.9. The molecule has 23 heavy (non-hydrogen) atoms. The molecule has 1 saturated carbocycles. The van der Waals surface area contributed by atoms with Gasteiger partial charge in [0.2, 0.25) is 5.91 Å². The summed E-state index contributed by atoms with van der Waals surface area (Å²) in [5, 5.41) is 3.07. The van der Waals surface area contributed by atoms with Gasteiger partial charge in [-0.05, 0) is 37.5 Å². The zero-order chi connectivity index (χ0) is 15.9. The highest BCUT2D eigenvalue weighted by atomic mass is 35.5. The van der Waals surface area contributed by atoms with Crippen LogP contribution in [0.4, 0.5) is 13.2 Å². The van der Waals surface area contributed by atoms with Crippen LogP contribution in [0.3, 0.4) is 0 Å². The Hall–Kier alpha value is -1.27. The van der Waals surface area contributed by atoms with E-state index in [4.69, 9.17) is 0 Å². The first kappa shape index (κ1) is 18.1. The van der Waals surface area contributed by atoms with E-state index in [2.05, 4.69) is 5.32 Å². The van der Waals surface area contributed by atoms with E-state index < -0.39 is 11.7 Å². The van der Waals surface area contributed by atoms with Crippen LogP contribution in [0.25, 0.3) is 0 Å². The quantitative estimate of drug-likeness (QED) is 0.904. The molecular weight excluding hydrogens is 329 g/mol. The van der Waals surface area contributed by atoms with E-state index in [0.717, 1.165) is 25.0 Å². The van der Waals surface area contributed by atoms with E-state index in [1.807, 2.05) is 6.92 Å². The van der Waals surface area contributed by atoms with Crippen molar-refractivity contribution in [1.82, 2.24) is 10.2 Å². The molecule has 1 heterocycles. The number of benzene rings is 1. The number of rotatable bonds is 4. The molecule has 1 unspecified atom stereocenters. The summed E-state index contributed by atoms with van der Waals surface area (Å²) in [6.07, 6.45) is -2.48. The molecular formula is C16H20ClF3N2O. The van der Waals surface area contributed by atoms with Gasteiger partial charge in [0, 0.05) is 19.1 Å². The normalized spacial score (nSPS) is 19.5. The van der Waals surface area contributed by atoms with E-state index in [1.54, 1.807) is 11.0 Å². The number of amides is 1. The lowest BCUT2D eigenvalue weighted by atomic mass is 9.98. The van der Waals surface area contributed by atoms with Gasteiger partial charge < -0.3 is 10.2 Å². The summed E-state index contributed by atoms with van der Waals surface area (Å²) in [7, 11) is 0. The third-order valence-electron chi connectivity index (χ3n) is 4.44. The van der Waals surface area contributed by atoms with Crippen molar-refractivity contribution >= 4 is 18.3 Å². The standard InChI is InChI=1S/C16H19F3N2O.ClH/c1-10(11-3-2-4-13(7-11)16(17,18)19)21(14-5-6-14)15(22)12-8-20-9-12;/h2-4,7,10,12,14,20H,5-6,8-9H2,1H3;1H. The summed E-state index contributed by atoms with van der Waals surface area (Å²) in [4.78, 5) is 14.4. The molecule has 1 aromatic rings. The second-order valence-electron chi connectivity index (χ2n) is 6.13. The zero-order valence-electron chi connectivity index (χ0n) is 12.8. The number of alkyl halides is 3. The molecule has 0 bridgehead atoms. The minimum atomic E-state index is -4.36. The summed E-state index contributed by atoms with van der Waals surface area (Å²) >= 11 is 0. The molecule has 1 atom stereocenters.